The molecular weight excluding hydrogens is 353 g/mol. The van der Waals surface area contributed by atoms with E-state index in [9.17, 15) is 9.18 Å². The second kappa shape index (κ2) is 8.33. The molecule has 136 valence electrons. The van der Waals surface area contributed by atoms with E-state index in [2.05, 4.69) is 10.3 Å². The van der Waals surface area contributed by atoms with Gasteiger partial charge in [-0.05, 0) is 43.9 Å². The minimum atomic E-state index is -0.285. The Bertz CT molecular complexity index is 864. The first-order chi connectivity index (χ1) is 12.5. The van der Waals surface area contributed by atoms with Crippen LogP contribution in [-0.2, 0) is 4.79 Å². The van der Waals surface area contributed by atoms with Crippen LogP contribution in [0.1, 0.15) is 11.6 Å². The number of amides is 1. The van der Waals surface area contributed by atoms with E-state index in [4.69, 9.17) is 4.42 Å². The highest BCUT2D eigenvalue weighted by atomic mass is 32.2. The van der Waals surface area contributed by atoms with E-state index in [1.807, 2.05) is 49.3 Å². The summed E-state index contributed by atoms with van der Waals surface area (Å²) in [4.78, 5) is 18.4. The lowest BCUT2D eigenvalue weighted by molar-refractivity contribution is -0.118. The maximum absolute atomic E-state index is 13.5. The quantitative estimate of drug-likeness (QED) is 0.643. The molecule has 3 rings (SSSR count). The van der Waals surface area contributed by atoms with Gasteiger partial charge < -0.3 is 14.6 Å². The minimum Gasteiger partial charge on any atom is -0.431 e. The molecule has 0 spiro atoms. The van der Waals surface area contributed by atoms with Gasteiger partial charge in [-0.15, -0.1) is 0 Å². The number of thioether (sulfide) groups is 1. The fraction of sp³-hybridized carbons (Fsp3) is 0.263. The molecule has 1 aromatic heterocycles. The maximum Gasteiger partial charge on any atom is 0.257 e. The third-order valence-electron chi connectivity index (χ3n) is 3.95. The first kappa shape index (κ1) is 18.4. The molecule has 1 atom stereocenters. The highest BCUT2D eigenvalue weighted by Crippen LogP contribution is 2.23. The van der Waals surface area contributed by atoms with Crippen LogP contribution < -0.4 is 5.32 Å². The largest absolute Gasteiger partial charge is 0.431 e. The van der Waals surface area contributed by atoms with Gasteiger partial charge in [0.1, 0.15) is 11.3 Å². The van der Waals surface area contributed by atoms with Gasteiger partial charge in [-0.1, -0.05) is 36.0 Å². The summed E-state index contributed by atoms with van der Waals surface area (Å²) in [5.74, 6) is -0.205. The van der Waals surface area contributed by atoms with Crippen LogP contribution in [0.3, 0.4) is 0 Å². The number of fused-ring (bicyclic) bond motifs is 1. The second-order valence-corrected chi connectivity index (χ2v) is 7.00. The number of carbonyl (C=O) groups excluding carboxylic acids is 1. The summed E-state index contributed by atoms with van der Waals surface area (Å²) in [6.45, 7) is 0.392. The Labute approximate surface area is 155 Å². The standard InChI is InChI=1S/C19H20FN3O2S/c1-23(2)16(13-6-5-7-14(20)10-13)11-21-18(24)12-26-19-22-15-8-3-4-9-17(15)25-19/h3-10,16H,11-12H2,1-2H3,(H,21,24). The van der Waals surface area contributed by atoms with Crippen molar-refractivity contribution in [2.75, 3.05) is 26.4 Å². The van der Waals surface area contributed by atoms with Crippen molar-refractivity contribution < 1.29 is 13.6 Å². The van der Waals surface area contributed by atoms with Crippen LogP contribution in [0.25, 0.3) is 11.1 Å². The average Bonchev–Trinajstić information content (AvgIpc) is 3.03. The highest BCUT2D eigenvalue weighted by Gasteiger charge is 2.16. The molecule has 1 N–H and O–H groups in total. The van der Waals surface area contributed by atoms with Crippen molar-refractivity contribution in [3.8, 4) is 0 Å². The summed E-state index contributed by atoms with van der Waals surface area (Å²) in [7, 11) is 3.80. The fourth-order valence-corrected chi connectivity index (χ4v) is 3.28. The molecular formula is C19H20FN3O2S. The summed E-state index contributed by atoms with van der Waals surface area (Å²) in [6.07, 6.45) is 0. The number of aromatic nitrogens is 1. The minimum absolute atomic E-state index is 0.107. The summed E-state index contributed by atoms with van der Waals surface area (Å²) in [6, 6.07) is 13.8. The molecule has 0 saturated carbocycles. The zero-order valence-corrected chi connectivity index (χ0v) is 15.4. The number of nitrogens with zero attached hydrogens (tertiary/aromatic N) is 2. The van der Waals surface area contributed by atoms with Crippen molar-refractivity contribution in [3.05, 3.63) is 59.9 Å². The van der Waals surface area contributed by atoms with Crippen molar-refractivity contribution in [1.82, 2.24) is 15.2 Å². The van der Waals surface area contributed by atoms with Crippen LogP contribution in [0, 0.1) is 5.82 Å². The number of oxazole rings is 1. The van der Waals surface area contributed by atoms with Crippen molar-refractivity contribution in [3.63, 3.8) is 0 Å². The van der Waals surface area contributed by atoms with Gasteiger partial charge in [-0.3, -0.25) is 4.79 Å². The van der Waals surface area contributed by atoms with E-state index in [-0.39, 0.29) is 23.5 Å². The van der Waals surface area contributed by atoms with Gasteiger partial charge >= 0.3 is 0 Å². The van der Waals surface area contributed by atoms with Gasteiger partial charge in [0, 0.05) is 6.54 Å². The Hall–Kier alpha value is -2.38. The van der Waals surface area contributed by atoms with Crippen LogP contribution in [-0.4, -0.2) is 42.2 Å². The number of carbonyl (C=O) groups is 1. The Kier molecular flexibility index (Phi) is 5.90. The molecule has 0 aliphatic heterocycles. The third-order valence-corrected chi connectivity index (χ3v) is 4.78. The van der Waals surface area contributed by atoms with Crippen LogP contribution in [0.5, 0.6) is 0 Å². The van der Waals surface area contributed by atoms with Crippen LogP contribution >= 0.6 is 11.8 Å². The molecule has 1 unspecified atom stereocenters. The number of halogens is 1. The fourth-order valence-electron chi connectivity index (χ4n) is 2.61. The number of rotatable bonds is 7. The molecule has 7 heteroatoms. The van der Waals surface area contributed by atoms with Gasteiger partial charge in [0.2, 0.25) is 5.91 Å². The summed E-state index contributed by atoms with van der Waals surface area (Å²) >= 11 is 1.25. The molecule has 0 aliphatic carbocycles. The van der Waals surface area contributed by atoms with E-state index < -0.39 is 0 Å². The van der Waals surface area contributed by atoms with Crippen molar-refractivity contribution >= 4 is 28.8 Å². The smallest absolute Gasteiger partial charge is 0.257 e. The SMILES string of the molecule is CN(C)C(CNC(=O)CSc1nc2ccccc2o1)c1cccc(F)c1. The van der Waals surface area contributed by atoms with Crippen LogP contribution in [0.15, 0.2) is 58.2 Å². The Morgan fingerprint density at radius 2 is 2.08 bits per heavy atom. The van der Waals surface area contributed by atoms with Crippen molar-refractivity contribution in [2.24, 2.45) is 0 Å². The summed E-state index contributed by atoms with van der Waals surface area (Å²) < 4.78 is 19.0. The molecule has 3 aromatic rings. The molecule has 1 amide bonds. The highest BCUT2D eigenvalue weighted by molar-refractivity contribution is 7.99. The van der Waals surface area contributed by atoms with E-state index in [0.29, 0.717) is 17.4 Å². The monoisotopic (exact) mass is 373 g/mol. The maximum atomic E-state index is 13.5. The van der Waals surface area contributed by atoms with E-state index >= 15 is 0 Å². The number of nitrogens with one attached hydrogen (secondary N) is 1. The number of likely N-dealkylation sites (N-methyl/N-ethyl adjacent to an activating group) is 1. The van der Waals surface area contributed by atoms with Crippen LogP contribution in [0.4, 0.5) is 4.39 Å². The van der Waals surface area contributed by atoms with E-state index in [1.54, 1.807) is 6.07 Å². The molecule has 1 heterocycles. The molecule has 0 bridgehead atoms. The lowest BCUT2D eigenvalue weighted by Gasteiger charge is -2.25. The summed E-state index contributed by atoms with van der Waals surface area (Å²) in [5, 5.41) is 3.36. The zero-order chi connectivity index (χ0) is 18.5. The van der Waals surface area contributed by atoms with Crippen molar-refractivity contribution in [2.45, 2.75) is 11.3 Å². The second-order valence-electron chi connectivity index (χ2n) is 6.07. The third kappa shape index (κ3) is 4.62. The lowest BCUT2D eigenvalue weighted by Crippen LogP contribution is -2.35. The normalized spacial score (nSPS) is 12.5. The van der Waals surface area contributed by atoms with Crippen molar-refractivity contribution in [1.29, 1.82) is 0 Å². The molecule has 0 saturated heterocycles. The molecule has 0 fully saturated rings. The molecule has 2 aromatic carbocycles. The predicted molar refractivity (Wildman–Crippen MR) is 101 cm³/mol. The predicted octanol–water partition coefficient (Wildman–Crippen LogP) is 3.48. The van der Waals surface area contributed by atoms with Crippen LogP contribution in [0.2, 0.25) is 0 Å². The molecule has 5 nitrogen and oxygen atoms in total. The topological polar surface area (TPSA) is 58.4 Å². The number of para-hydroxylation sites is 2. The number of hydrogen-bond acceptors (Lipinski definition) is 5. The average molecular weight is 373 g/mol. The Morgan fingerprint density at radius 3 is 2.81 bits per heavy atom. The van der Waals surface area contributed by atoms with Gasteiger partial charge in [0.15, 0.2) is 5.58 Å². The number of benzene rings is 2. The van der Waals surface area contributed by atoms with Gasteiger partial charge in [-0.25, -0.2) is 9.37 Å². The van der Waals surface area contributed by atoms with Gasteiger partial charge in [0.05, 0.1) is 11.8 Å². The van der Waals surface area contributed by atoms with E-state index in [0.717, 1.165) is 11.1 Å². The molecule has 26 heavy (non-hydrogen) atoms. The lowest BCUT2D eigenvalue weighted by atomic mass is 10.1. The molecule has 0 radical (unpaired) electrons. The van der Waals surface area contributed by atoms with Gasteiger partial charge in [-0.2, -0.15) is 0 Å². The van der Waals surface area contributed by atoms with Gasteiger partial charge in [0.25, 0.3) is 5.22 Å². The summed E-state index contributed by atoms with van der Waals surface area (Å²) in [5.41, 5.74) is 2.30. The first-order valence-electron chi connectivity index (χ1n) is 8.20. The zero-order valence-electron chi connectivity index (χ0n) is 14.6. The molecule has 0 aliphatic rings. The Morgan fingerprint density at radius 1 is 1.27 bits per heavy atom. The van der Waals surface area contributed by atoms with E-state index in [1.165, 1.54) is 23.9 Å². The first-order valence-corrected chi connectivity index (χ1v) is 9.18. The Balaban J connectivity index is 1.55. The number of hydrogen-bond donors (Lipinski definition) is 1.